The van der Waals surface area contributed by atoms with Gasteiger partial charge >= 0.3 is 0 Å². The van der Waals surface area contributed by atoms with Crippen LogP contribution < -0.4 is 9.46 Å². The van der Waals surface area contributed by atoms with Gasteiger partial charge in [0.2, 0.25) is 0 Å². The molecule has 0 aliphatic carbocycles. The highest BCUT2D eigenvalue weighted by Crippen LogP contribution is 2.26. The molecule has 1 heterocycles. The summed E-state index contributed by atoms with van der Waals surface area (Å²) in [5, 5.41) is 0. The highest BCUT2D eigenvalue weighted by molar-refractivity contribution is 7.92. The predicted octanol–water partition coefficient (Wildman–Crippen LogP) is 3.22. The standard InChI is InChI=1S/C18H21NO4S/c1-2-6-14-11-16(22-12-17-13-23-17)9-10-18(14)24(20,21)19-15-7-4-3-5-8-15/h3-5,7-11,17,19H,2,6,12-13H2,1H3. The summed E-state index contributed by atoms with van der Waals surface area (Å²) in [6, 6.07) is 14.0. The van der Waals surface area contributed by atoms with E-state index in [0.717, 1.165) is 18.6 Å². The monoisotopic (exact) mass is 347 g/mol. The summed E-state index contributed by atoms with van der Waals surface area (Å²) in [4.78, 5) is 0.295. The van der Waals surface area contributed by atoms with Crippen molar-refractivity contribution in [1.82, 2.24) is 0 Å². The largest absolute Gasteiger partial charge is 0.491 e. The highest BCUT2D eigenvalue weighted by atomic mass is 32.2. The lowest BCUT2D eigenvalue weighted by atomic mass is 10.1. The van der Waals surface area contributed by atoms with E-state index in [1.165, 1.54) is 0 Å². The molecule has 1 unspecified atom stereocenters. The van der Waals surface area contributed by atoms with Crippen LogP contribution in [-0.4, -0.2) is 27.7 Å². The molecule has 6 heteroatoms. The van der Waals surface area contributed by atoms with Crippen LogP contribution in [0.25, 0.3) is 0 Å². The summed E-state index contributed by atoms with van der Waals surface area (Å²) in [7, 11) is -3.63. The van der Waals surface area contributed by atoms with E-state index in [1.807, 2.05) is 19.1 Å². The zero-order valence-electron chi connectivity index (χ0n) is 13.6. The van der Waals surface area contributed by atoms with E-state index in [9.17, 15) is 8.42 Å². The molecule has 2 aromatic carbocycles. The van der Waals surface area contributed by atoms with Gasteiger partial charge in [-0.15, -0.1) is 0 Å². The van der Waals surface area contributed by atoms with Crippen molar-refractivity contribution in [2.45, 2.75) is 30.8 Å². The molecule has 0 saturated carbocycles. The van der Waals surface area contributed by atoms with Gasteiger partial charge in [-0.3, -0.25) is 4.72 Å². The van der Waals surface area contributed by atoms with Crippen LogP contribution in [0.1, 0.15) is 18.9 Å². The number of hydrogen-bond donors (Lipinski definition) is 1. The molecule has 24 heavy (non-hydrogen) atoms. The lowest BCUT2D eigenvalue weighted by molar-refractivity contribution is 0.262. The molecule has 0 aromatic heterocycles. The van der Waals surface area contributed by atoms with Gasteiger partial charge in [0.25, 0.3) is 10.0 Å². The third kappa shape index (κ3) is 4.27. The Kier molecular flexibility index (Phi) is 5.06. The average Bonchev–Trinajstić information content (AvgIpc) is 3.38. The number of para-hydroxylation sites is 1. The van der Waals surface area contributed by atoms with Crippen LogP contribution in [0.15, 0.2) is 53.4 Å². The third-order valence-electron chi connectivity index (χ3n) is 3.71. The Balaban J connectivity index is 1.84. The number of aryl methyl sites for hydroxylation is 1. The van der Waals surface area contributed by atoms with Crippen LogP contribution in [-0.2, 0) is 21.2 Å². The first-order valence-corrected chi connectivity index (χ1v) is 9.52. The molecule has 1 fully saturated rings. The molecule has 128 valence electrons. The van der Waals surface area contributed by atoms with Crippen LogP contribution in [0.3, 0.4) is 0 Å². The second-order valence-electron chi connectivity index (χ2n) is 5.76. The van der Waals surface area contributed by atoms with Crippen LogP contribution in [0.4, 0.5) is 5.69 Å². The van der Waals surface area contributed by atoms with Gasteiger partial charge < -0.3 is 9.47 Å². The molecule has 0 bridgehead atoms. The number of benzene rings is 2. The van der Waals surface area contributed by atoms with Crippen LogP contribution in [0, 0.1) is 0 Å². The molecule has 1 N–H and O–H groups in total. The zero-order chi connectivity index (χ0) is 17.0. The molecule has 1 saturated heterocycles. The summed E-state index contributed by atoms with van der Waals surface area (Å²) in [5.41, 5.74) is 1.31. The SMILES string of the molecule is CCCc1cc(OCC2CO2)ccc1S(=O)(=O)Nc1ccccc1. The number of anilines is 1. The summed E-state index contributed by atoms with van der Waals surface area (Å²) < 4.78 is 38.8. The number of ether oxygens (including phenoxy) is 2. The van der Waals surface area contributed by atoms with Gasteiger partial charge in [0, 0.05) is 5.69 Å². The Hall–Kier alpha value is -2.05. The van der Waals surface area contributed by atoms with Gasteiger partial charge in [0.1, 0.15) is 18.5 Å². The molecule has 0 radical (unpaired) electrons. The molecule has 2 aromatic rings. The van der Waals surface area contributed by atoms with Gasteiger partial charge in [-0.25, -0.2) is 8.42 Å². The van der Waals surface area contributed by atoms with E-state index < -0.39 is 10.0 Å². The van der Waals surface area contributed by atoms with Crippen LogP contribution in [0.2, 0.25) is 0 Å². The van der Waals surface area contributed by atoms with Gasteiger partial charge in [-0.2, -0.15) is 0 Å². The molecular weight excluding hydrogens is 326 g/mol. The number of sulfonamides is 1. The molecule has 0 spiro atoms. The fraction of sp³-hybridized carbons (Fsp3) is 0.333. The number of hydrogen-bond acceptors (Lipinski definition) is 4. The smallest absolute Gasteiger partial charge is 0.262 e. The van der Waals surface area contributed by atoms with Crippen molar-refractivity contribution < 1.29 is 17.9 Å². The number of rotatable bonds is 8. The summed E-state index contributed by atoms with van der Waals surface area (Å²) in [6.45, 7) is 3.25. The van der Waals surface area contributed by atoms with Crippen LogP contribution >= 0.6 is 0 Å². The van der Waals surface area contributed by atoms with Gasteiger partial charge in [0.05, 0.1) is 11.5 Å². The quantitative estimate of drug-likeness (QED) is 0.745. The van der Waals surface area contributed by atoms with E-state index in [-0.39, 0.29) is 6.10 Å². The predicted molar refractivity (Wildman–Crippen MR) is 92.9 cm³/mol. The molecular formula is C18H21NO4S. The average molecular weight is 347 g/mol. The van der Waals surface area contributed by atoms with Gasteiger partial charge in [0.15, 0.2) is 0 Å². The second-order valence-corrected chi connectivity index (χ2v) is 7.41. The van der Waals surface area contributed by atoms with Gasteiger partial charge in [-0.05, 0) is 42.3 Å². The Bertz CT molecular complexity index is 786. The zero-order valence-corrected chi connectivity index (χ0v) is 14.4. The minimum absolute atomic E-state index is 0.169. The first kappa shape index (κ1) is 16.8. The minimum atomic E-state index is -3.63. The normalized spacial score (nSPS) is 16.6. The van der Waals surface area contributed by atoms with Crippen molar-refractivity contribution >= 4 is 15.7 Å². The van der Waals surface area contributed by atoms with Gasteiger partial charge in [-0.1, -0.05) is 31.5 Å². The van der Waals surface area contributed by atoms with Crippen molar-refractivity contribution in [3.05, 3.63) is 54.1 Å². The number of nitrogens with one attached hydrogen (secondary N) is 1. The first-order valence-electron chi connectivity index (χ1n) is 8.03. The Labute approximate surface area is 142 Å². The maximum atomic E-state index is 12.7. The first-order chi connectivity index (χ1) is 11.6. The highest BCUT2D eigenvalue weighted by Gasteiger charge is 2.24. The molecule has 1 atom stereocenters. The van der Waals surface area contributed by atoms with E-state index in [0.29, 0.717) is 29.4 Å². The van der Waals surface area contributed by atoms with E-state index in [1.54, 1.807) is 36.4 Å². The van der Waals surface area contributed by atoms with Crippen molar-refractivity contribution in [2.75, 3.05) is 17.9 Å². The maximum absolute atomic E-state index is 12.7. The third-order valence-corrected chi connectivity index (χ3v) is 5.19. The van der Waals surface area contributed by atoms with E-state index >= 15 is 0 Å². The second kappa shape index (κ2) is 7.23. The lowest BCUT2D eigenvalue weighted by Crippen LogP contribution is -2.15. The fourth-order valence-corrected chi connectivity index (χ4v) is 3.75. The lowest BCUT2D eigenvalue weighted by Gasteiger charge is -2.14. The summed E-state index contributed by atoms with van der Waals surface area (Å²) in [6.07, 6.45) is 1.69. The topological polar surface area (TPSA) is 67.9 Å². The van der Waals surface area contributed by atoms with E-state index in [4.69, 9.17) is 9.47 Å². The van der Waals surface area contributed by atoms with Crippen molar-refractivity contribution in [2.24, 2.45) is 0 Å². The number of epoxide rings is 1. The molecule has 0 amide bonds. The van der Waals surface area contributed by atoms with Crippen molar-refractivity contribution in [3.63, 3.8) is 0 Å². The molecule has 3 rings (SSSR count). The Morgan fingerprint density at radius 1 is 1.21 bits per heavy atom. The Morgan fingerprint density at radius 2 is 1.96 bits per heavy atom. The molecule has 1 aliphatic heterocycles. The maximum Gasteiger partial charge on any atom is 0.262 e. The minimum Gasteiger partial charge on any atom is -0.491 e. The summed E-state index contributed by atoms with van der Waals surface area (Å²) >= 11 is 0. The molecule has 5 nitrogen and oxygen atoms in total. The molecule has 1 aliphatic rings. The van der Waals surface area contributed by atoms with Crippen molar-refractivity contribution in [3.8, 4) is 5.75 Å². The van der Waals surface area contributed by atoms with E-state index in [2.05, 4.69) is 4.72 Å². The fourth-order valence-electron chi connectivity index (χ4n) is 2.44. The Morgan fingerprint density at radius 3 is 2.62 bits per heavy atom. The summed E-state index contributed by atoms with van der Waals surface area (Å²) in [5.74, 6) is 0.674. The van der Waals surface area contributed by atoms with Crippen molar-refractivity contribution in [1.29, 1.82) is 0 Å². The van der Waals surface area contributed by atoms with Crippen LogP contribution in [0.5, 0.6) is 5.75 Å².